The lowest BCUT2D eigenvalue weighted by Crippen LogP contribution is -2.28. The van der Waals surface area contributed by atoms with E-state index in [9.17, 15) is 14.0 Å². The maximum absolute atomic E-state index is 13.4. The summed E-state index contributed by atoms with van der Waals surface area (Å²) in [5, 5.41) is 8.75. The van der Waals surface area contributed by atoms with Crippen molar-refractivity contribution in [3.8, 4) is 6.07 Å². The zero-order chi connectivity index (χ0) is 12.8. The fourth-order valence-electron chi connectivity index (χ4n) is 1.25. The summed E-state index contributed by atoms with van der Waals surface area (Å²) in [6, 6.07) is 7.48. The zero-order valence-corrected chi connectivity index (χ0v) is 9.14. The minimum absolute atomic E-state index is 0.00751. The summed E-state index contributed by atoms with van der Waals surface area (Å²) in [4.78, 5) is 22.7. The highest BCUT2D eigenvalue weighted by molar-refractivity contribution is 6.12. The molecule has 1 aromatic rings. The number of ketones is 1. The lowest BCUT2D eigenvalue weighted by molar-refractivity contribution is -0.147. The summed E-state index contributed by atoms with van der Waals surface area (Å²) in [6.07, 6.45) is -2.38. The number of esters is 1. The molecule has 1 rings (SSSR count). The first-order valence-electron chi connectivity index (χ1n) is 4.95. The van der Waals surface area contributed by atoms with Crippen molar-refractivity contribution < 1.29 is 18.7 Å². The van der Waals surface area contributed by atoms with E-state index < -0.39 is 17.9 Å². The number of ether oxygens (including phenoxy) is 1. The van der Waals surface area contributed by atoms with Gasteiger partial charge in [0, 0.05) is 5.56 Å². The first-order chi connectivity index (χ1) is 8.11. The monoisotopic (exact) mass is 235 g/mol. The third kappa shape index (κ3) is 2.88. The van der Waals surface area contributed by atoms with E-state index in [1.54, 1.807) is 12.1 Å². The largest absolute Gasteiger partial charge is 0.463 e. The van der Waals surface area contributed by atoms with E-state index >= 15 is 0 Å². The molecule has 4 nitrogen and oxygen atoms in total. The van der Waals surface area contributed by atoms with Gasteiger partial charge in [0.2, 0.25) is 5.78 Å². The Hall–Kier alpha value is -2.22. The van der Waals surface area contributed by atoms with Crippen molar-refractivity contribution >= 4 is 11.8 Å². The van der Waals surface area contributed by atoms with Gasteiger partial charge in [-0.2, -0.15) is 5.26 Å². The molecule has 0 aromatic heterocycles. The maximum atomic E-state index is 13.4. The SMILES string of the molecule is CCOC(=O)C(F)C(=O)c1ccccc1C#N. The van der Waals surface area contributed by atoms with Crippen LogP contribution in [-0.4, -0.2) is 24.5 Å². The van der Waals surface area contributed by atoms with E-state index in [0.29, 0.717) is 0 Å². The van der Waals surface area contributed by atoms with Crippen molar-refractivity contribution in [3.05, 3.63) is 35.4 Å². The predicted octanol–water partition coefficient (Wildman–Crippen LogP) is 1.64. The highest BCUT2D eigenvalue weighted by atomic mass is 19.1. The highest BCUT2D eigenvalue weighted by Crippen LogP contribution is 2.12. The second kappa shape index (κ2) is 5.75. The molecule has 1 aromatic carbocycles. The molecule has 0 N–H and O–H groups in total. The van der Waals surface area contributed by atoms with Gasteiger partial charge >= 0.3 is 5.97 Å². The molecular weight excluding hydrogens is 225 g/mol. The minimum atomic E-state index is -2.38. The van der Waals surface area contributed by atoms with Crippen LogP contribution in [0.25, 0.3) is 0 Å². The Bertz CT molecular complexity index is 479. The summed E-state index contributed by atoms with van der Waals surface area (Å²) in [5.74, 6) is -2.29. The van der Waals surface area contributed by atoms with Crippen LogP contribution in [0.1, 0.15) is 22.8 Å². The van der Waals surface area contributed by atoms with Gasteiger partial charge in [0.05, 0.1) is 18.2 Å². The predicted molar refractivity (Wildman–Crippen MR) is 57.0 cm³/mol. The molecule has 5 heteroatoms. The van der Waals surface area contributed by atoms with Crippen molar-refractivity contribution in [1.29, 1.82) is 5.26 Å². The van der Waals surface area contributed by atoms with Crippen LogP contribution in [0.2, 0.25) is 0 Å². The first-order valence-corrected chi connectivity index (χ1v) is 4.95. The summed E-state index contributed by atoms with van der Waals surface area (Å²) in [7, 11) is 0. The van der Waals surface area contributed by atoms with Crippen molar-refractivity contribution in [3.63, 3.8) is 0 Å². The number of carbonyl (C=O) groups excluding carboxylic acids is 2. The molecule has 1 unspecified atom stereocenters. The van der Waals surface area contributed by atoms with Crippen molar-refractivity contribution in [2.24, 2.45) is 0 Å². The average molecular weight is 235 g/mol. The van der Waals surface area contributed by atoms with Gasteiger partial charge in [0.1, 0.15) is 0 Å². The standard InChI is InChI=1S/C12H10FNO3/c1-2-17-12(16)10(13)11(15)9-6-4-3-5-8(9)7-14/h3-6,10H,2H2,1H3. The molecular formula is C12H10FNO3. The van der Waals surface area contributed by atoms with Gasteiger partial charge < -0.3 is 4.74 Å². The minimum Gasteiger partial charge on any atom is -0.463 e. The second-order valence-electron chi connectivity index (χ2n) is 3.14. The van der Waals surface area contributed by atoms with Crippen LogP contribution in [0, 0.1) is 11.3 Å². The van der Waals surface area contributed by atoms with E-state index in [1.165, 1.54) is 25.1 Å². The van der Waals surface area contributed by atoms with Gasteiger partial charge in [-0.25, -0.2) is 9.18 Å². The van der Waals surface area contributed by atoms with Crippen LogP contribution >= 0.6 is 0 Å². The maximum Gasteiger partial charge on any atom is 0.349 e. The number of nitriles is 1. The van der Waals surface area contributed by atoms with Crippen LogP contribution in [0.3, 0.4) is 0 Å². The number of carbonyl (C=O) groups is 2. The Morgan fingerprint density at radius 1 is 1.47 bits per heavy atom. The van der Waals surface area contributed by atoms with Gasteiger partial charge in [0.15, 0.2) is 0 Å². The van der Waals surface area contributed by atoms with Crippen LogP contribution in [0.5, 0.6) is 0 Å². The Balaban J connectivity index is 2.97. The summed E-state index contributed by atoms with van der Waals surface area (Å²) in [5.41, 5.74) is -0.0833. The summed E-state index contributed by atoms with van der Waals surface area (Å²) in [6.45, 7) is 1.50. The molecule has 0 bridgehead atoms. The fraction of sp³-hybridized carbons (Fsp3) is 0.250. The average Bonchev–Trinajstić information content (AvgIpc) is 2.37. The van der Waals surface area contributed by atoms with Gasteiger partial charge in [-0.15, -0.1) is 0 Å². The number of Topliss-reactive ketones (excluding diaryl/α,β-unsaturated/α-hetero) is 1. The number of hydrogen-bond donors (Lipinski definition) is 0. The molecule has 0 fully saturated rings. The smallest absolute Gasteiger partial charge is 0.349 e. The van der Waals surface area contributed by atoms with E-state index in [2.05, 4.69) is 4.74 Å². The van der Waals surface area contributed by atoms with Crippen LogP contribution in [-0.2, 0) is 9.53 Å². The second-order valence-corrected chi connectivity index (χ2v) is 3.14. The third-order valence-corrected chi connectivity index (χ3v) is 2.04. The first kappa shape index (κ1) is 12.8. The molecule has 0 aliphatic heterocycles. The van der Waals surface area contributed by atoms with Crippen molar-refractivity contribution in [1.82, 2.24) is 0 Å². The van der Waals surface area contributed by atoms with Gasteiger partial charge in [-0.1, -0.05) is 12.1 Å². The Kier molecular flexibility index (Phi) is 4.35. The zero-order valence-electron chi connectivity index (χ0n) is 9.14. The molecule has 0 spiro atoms. The van der Waals surface area contributed by atoms with E-state index in [0.717, 1.165) is 0 Å². The van der Waals surface area contributed by atoms with Crippen LogP contribution in [0.15, 0.2) is 24.3 Å². The van der Waals surface area contributed by atoms with Gasteiger partial charge in [-0.3, -0.25) is 4.79 Å². The molecule has 0 saturated heterocycles. The van der Waals surface area contributed by atoms with Crippen LogP contribution in [0.4, 0.5) is 4.39 Å². The Labute approximate surface area is 97.6 Å². The van der Waals surface area contributed by atoms with Gasteiger partial charge in [-0.05, 0) is 19.1 Å². The molecule has 17 heavy (non-hydrogen) atoms. The number of nitrogens with zero attached hydrogens (tertiary/aromatic N) is 1. The Morgan fingerprint density at radius 3 is 2.71 bits per heavy atom. The highest BCUT2D eigenvalue weighted by Gasteiger charge is 2.29. The lowest BCUT2D eigenvalue weighted by atomic mass is 10.0. The van der Waals surface area contributed by atoms with E-state index in [1.807, 2.05) is 0 Å². The number of alkyl halides is 1. The molecule has 1 atom stereocenters. The fourth-order valence-corrected chi connectivity index (χ4v) is 1.25. The third-order valence-electron chi connectivity index (χ3n) is 2.04. The summed E-state index contributed by atoms with van der Waals surface area (Å²) < 4.78 is 17.8. The molecule has 0 saturated carbocycles. The topological polar surface area (TPSA) is 67.2 Å². The number of rotatable bonds is 4. The van der Waals surface area contributed by atoms with E-state index in [-0.39, 0.29) is 17.7 Å². The summed E-state index contributed by atoms with van der Waals surface area (Å²) >= 11 is 0. The number of benzene rings is 1. The molecule has 0 radical (unpaired) electrons. The molecule has 0 aliphatic carbocycles. The normalized spacial score (nSPS) is 11.4. The molecule has 88 valence electrons. The quantitative estimate of drug-likeness (QED) is 0.452. The Morgan fingerprint density at radius 2 is 2.12 bits per heavy atom. The van der Waals surface area contributed by atoms with Crippen LogP contribution < -0.4 is 0 Å². The van der Waals surface area contributed by atoms with Crippen molar-refractivity contribution in [2.45, 2.75) is 13.1 Å². The molecule has 0 aliphatic rings. The lowest BCUT2D eigenvalue weighted by Gasteiger charge is -2.07. The van der Waals surface area contributed by atoms with Gasteiger partial charge in [0.25, 0.3) is 6.17 Å². The van der Waals surface area contributed by atoms with Crippen molar-refractivity contribution in [2.75, 3.05) is 6.61 Å². The number of hydrogen-bond acceptors (Lipinski definition) is 4. The number of halogens is 1. The molecule has 0 heterocycles. The molecule has 0 amide bonds. The van der Waals surface area contributed by atoms with E-state index in [4.69, 9.17) is 5.26 Å².